The standard InChI is InChI=1S/C53H38N6O2/c1-53(2)44-17-3-5-21-48(44)58(49-22-6-4-18-45(49)53)37-33-56-52(57-34-37)59-50-31-40(60-38-15-11-13-35(29-38)46-19-7-9-27-54-46)23-25-42(50)43-26-24-41(32-51(43)59)61-39-16-12-14-36(30-39)47-20-8-10-28-55-47/h3-34H,1-2H3. The van der Waals surface area contributed by atoms with Crippen LogP contribution < -0.4 is 14.4 Å². The number of fused-ring (bicyclic) bond motifs is 5. The smallest absolute Gasteiger partial charge is 0.234 e. The molecule has 0 radical (unpaired) electrons. The van der Waals surface area contributed by atoms with Crippen LogP contribution in [0.1, 0.15) is 25.0 Å². The highest BCUT2D eigenvalue weighted by atomic mass is 16.5. The molecule has 0 saturated heterocycles. The number of hydrogen-bond donors (Lipinski definition) is 0. The molecule has 11 rings (SSSR count). The molecule has 10 aromatic rings. The summed E-state index contributed by atoms with van der Waals surface area (Å²) < 4.78 is 15.2. The van der Waals surface area contributed by atoms with Crippen LogP contribution in [-0.4, -0.2) is 24.5 Å². The Labute approximate surface area is 353 Å². The molecule has 6 aromatic carbocycles. The molecule has 0 bridgehead atoms. The van der Waals surface area contributed by atoms with Gasteiger partial charge in [0.15, 0.2) is 0 Å². The van der Waals surface area contributed by atoms with E-state index in [0.29, 0.717) is 28.9 Å². The molecule has 0 unspecified atom stereocenters. The number of anilines is 3. The lowest BCUT2D eigenvalue weighted by Crippen LogP contribution is -2.30. The zero-order valence-corrected chi connectivity index (χ0v) is 33.5. The van der Waals surface area contributed by atoms with E-state index in [4.69, 9.17) is 19.4 Å². The van der Waals surface area contributed by atoms with Gasteiger partial charge >= 0.3 is 0 Å². The Morgan fingerprint density at radius 3 is 1.41 bits per heavy atom. The van der Waals surface area contributed by atoms with Crippen LogP contribution in [0.3, 0.4) is 0 Å². The monoisotopic (exact) mass is 790 g/mol. The summed E-state index contributed by atoms with van der Waals surface area (Å²) >= 11 is 0. The maximum Gasteiger partial charge on any atom is 0.234 e. The predicted molar refractivity (Wildman–Crippen MR) is 243 cm³/mol. The first kappa shape index (κ1) is 36.0. The van der Waals surface area contributed by atoms with Gasteiger partial charge in [-0.15, -0.1) is 0 Å². The van der Waals surface area contributed by atoms with Crippen molar-refractivity contribution in [3.05, 3.63) is 206 Å². The zero-order valence-electron chi connectivity index (χ0n) is 33.5. The summed E-state index contributed by atoms with van der Waals surface area (Å²) in [6.45, 7) is 4.57. The number of hydrogen-bond acceptors (Lipinski definition) is 7. The maximum absolute atomic E-state index is 6.55. The first-order chi connectivity index (χ1) is 30.0. The summed E-state index contributed by atoms with van der Waals surface area (Å²) in [5.41, 5.74) is 10.9. The van der Waals surface area contributed by atoms with Crippen molar-refractivity contribution >= 4 is 38.9 Å². The molecule has 4 aromatic heterocycles. The minimum Gasteiger partial charge on any atom is -0.457 e. The van der Waals surface area contributed by atoms with E-state index in [0.717, 1.165) is 61.4 Å². The van der Waals surface area contributed by atoms with Crippen LogP contribution >= 0.6 is 0 Å². The molecular formula is C53H38N6O2. The van der Waals surface area contributed by atoms with Crippen LogP contribution in [0, 0.1) is 0 Å². The van der Waals surface area contributed by atoms with Gasteiger partial charge in [-0.2, -0.15) is 0 Å². The molecule has 0 atom stereocenters. The fourth-order valence-electron chi connectivity index (χ4n) is 8.59. The van der Waals surface area contributed by atoms with Crippen molar-refractivity contribution in [1.29, 1.82) is 0 Å². The van der Waals surface area contributed by atoms with E-state index in [1.165, 1.54) is 11.1 Å². The number of nitrogens with zero attached hydrogens (tertiary/aromatic N) is 6. The third kappa shape index (κ3) is 6.42. The Hall–Kier alpha value is -8.10. The van der Waals surface area contributed by atoms with Gasteiger partial charge in [-0.3, -0.25) is 14.5 Å². The number of para-hydroxylation sites is 2. The summed E-state index contributed by atoms with van der Waals surface area (Å²) in [6.07, 6.45) is 7.42. The lowest BCUT2D eigenvalue weighted by molar-refractivity contribution is 0.483. The normalized spacial score (nSPS) is 12.9. The fourth-order valence-corrected chi connectivity index (χ4v) is 8.59. The van der Waals surface area contributed by atoms with Gasteiger partial charge in [0, 0.05) is 51.8 Å². The average Bonchev–Trinajstić information content (AvgIpc) is 3.63. The van der Waals surface area contributed by atoms with E-state index in [1.54, 1.807) is 12.4 Å². The molecule has 8 heteroatoms. The summed E-state index contributed by atoms with van der Waals surface area (Å²) in [6, 6.07) is 57.2. The lowest BCUT2D eigenvalue weighted by Gasteiger charge is -2.41. The summed E-state index contributed by atoms with van der Waals surface area (Å²) in [5.74, 6) is 3.29. The van der Waals surface area contributed by atoms with Crippen LogP contribution in [0.5, 0.6) is 23.0 Å². The van der Waals surface area contributed by atoms with Gasteiger partial charge in [0.1, 0.15) is 23.0 Å². The quantitative estimate of drug-likeness (QED) is 0.152. The molecule has 0 saturated carbocycles. The minimum absolute atomic E-state index is 0.174. The van der Waals surface area contributed by atoms with Crippen LogP contribution in [0.25, 0.3) is 50.3 Å². The Kier molecular flexibility index (Phi) is 8.63. The van der Waals surface area contributed by atoms with E-state index >= 15 is 0 Å². The third-order valence-corrected chi connectivity index (χ3v) is 11.5. The molecule has 0 amide bonds. The molecule has 0 N–H and O–H groups in total. The summed E-state index contributed by atoms with van der Waals surface area (Å²) in [7, 11) is 0. The number of ether oxygens (including phenoxy) is 2. The molecule has 0 spiro atoms. The number of aromatic nitrogens is 5. The first-order valence-corrected chi connectivity index (χ1v) is 20.3. The fraction of sp³-hybridized carbons (Fsp3) is 0.0566. The second kappa shape index (κ2) is 14.6. The summed E-state index contributed by atoms with van der Waals surface area (Å²) in [5, 5.41) is 2.06. The number of pyridine rings is 2. The van der Waals surface area contributed by atoms with E-state index in [-0.39, 0.29) is 5.41 Å². The third-order valence-electron chi connectivity index (χ3n) is 11.5. The highest BCUT2D eigenvalue weighted by Crippen LogP contribution is 2.51. The van der Waals surface area contributed by atoms with Gasteiger partial charge in [-0.25, -0.2) is 9.97 Å². The Balaban J connectivity index is 1.02. The Morgan fingerprint density at radius 2 is 0.918 bits per heavy atom. The first-order valence-electron chi connectivity index (χ1n) is 20.3. The van der Waals surface area contributed by atoms with Gasteiger partial charge in [-0.05, 0) is 96.1 Å². The van der Waals surface area contributed by atoms with Crippen LogP contribution in [0.2, 0.25) is 0 Å². The second-order valence-electron chi connectivity index (χ2n) is 15.6. The van der Waals surface area contributed by atoms with E-state index in [9.17, 15) is 0 Å². The Morgan fingerprint density at radius 1 is 0.443 bits per heavy atom. The molecule has 0 aliphatic carbocycles. The van der Waals surface area contributed by atoms with Gasteiger partial charge in [0.05, 0.1) is 51.9 Å². The van der Waals surface area contributed by atoms with Crippen LogP contribution in [0.15, 0.2) is 195 Å². The van der Waals surface area contributed by atoms with Crippen molar-refractivity contribution in [3.63, 3.8) is 0 Å². The van der Waals surface area contributed by atoms with Crippen molar-refractivity contribution < 1.29 is 9.47 Å². The van der Waals surface area contributed by atoms with Crippen LogP contribution in [-0.2, 0) is 5.41 Å². The van der Waals surface area contributed by atoms with E-state index in [1.807, 2.05) is 109 Å². The van der Waals surface area contributed by atoms with Crippen LogP contribution in [0.4, 0.5) is 17.1 Å². The molecule has 1 aliphatic rings. The summed E-state index contributed by atoms with van der Waals surface area (Å²) in [4.78, 5) is 21.6. The predicted octanol–water partition coefficient (Wildman–Crippen LogP) is 13.4. The van der Waals surface area contributed by atoms with Gasteiger partial charge in [0.25, 0.3) is 0 Å². The SMILES string of the molecule is CC1(C)c2ccccc2N(c2cnc(-n3c4cc(Oc5cccc(-c6ccccn6)c5)ccc4c4ccc(Oc5cccc(-c6ccccn6)c5)cc43)nc2)c2ccccc21. The van der Waals surface area contributed by atoms with Gasteiger partial charge in [0.2, 0.25) is 5.95 Å². The van der Waals surface area contributed by atoms with Gasteiger partial charge in [-0.1, -0.05) is 86.6 Å². The number of benzene rings is 6. The van der Waals surface area contributed by atoms with E-state index in [2.05, 4.69) is 106 Å². The largest absolute Gasteiger partial charge is 0.457 e. The Bertz CT molecular complexity index is 3040. The highest BCUT2D eigenvalue weighted by molar-refractivity contribution is 6.09. The van der Waals surface area contributed by atoms with Crippen molar-refractivity contribution in [1.82, 2.24) is 24.5 Å². The maximum atomic E-state index is 6.55. The number of rotatable bonds is 8. The molecule has 5 heterocycles. The second-order valence-corrected chi connectivity index (χ2v) is 15.6. The van der Waals surface area contributed by atoms with E-state index < -0.39 is 0 Å². The highest BCUT2D eigenvalue weighted by Gasteiger charge is 2.36. The minimum atomic E-state index is -0.174. The molecule has 61 heavy (non-hydrogen) atoms. The molecule has 1 aliphatic heterocycles. The molecule has 292 valence electrons. The van der Waals surface area contributed by atoms with Crippen molar-refractivity contribution in [2.45, 2.75) is 19.3 Å². The van der Waals surface area contributed by atoms with Crippen molar-refractivity contribution in [2.75, 3.05) is 4.90 Å². The molecular weight excluding hydrogens is 753 g/mol. The van der Waals surface area contributed by atoms with Crippen molar-refractivity contribution in [3.8, 4) is 51.5 Å². The molecule has 8 nitrogen and oxygen atoms in total. The van der Waals surface area contributed by atoms with Gasteiger partial charge < -0.3 is 14.4 Å². The zero-order chi connectivity index (χ0) is 40.9. The molecule has 0 fully saturated rings. The lowest BCUT2D eigenvalue weighted by atomic mass is 9.73. The average molecular weight is 791 g/mol. The topological polar surface area (TPSA) is 78.2 Å². The van der Waals surface area contributed by atoms with Crippen molar-refractivity contribution in [2.24, 2.45) is 0 Å².